The van der Waals surface area contributed by atoms with Gasteiger partial charge in [0.15, 0.2) is 0 Å². The van der Waals surface area contributed by atoms with Gasteiger partial charge in [-0.2, -0.15) is 5.26 Å². The van der Waals surface area contributed by atoms with Crippen LogP contribution in [0.3, 0.4) is 0 Å². The van der Waals surface area contributed by atoms with Crippen LogP contribution < -0.4 is 10.6 Å². The maximum atomic E-state index is 12.0. The van der Waals surface area contributed by atoms with E-state index >= 15 is 0 Å². The van der Waals surface area contributed by atoms with Gasteiger partial charge in [0.1, 0.15) is 12.1 Å². The van der Waals surface area contributed by atoms with Crippen LogP contribution in [0.25, 0.3) is 0 Å². The number of carbonyl (C=O) groups excluding carboxylic acids is 1. The fourth-order valence-electron chi connectivity index (χ4n) is 1.91. The molecule has 0 aliphatic heterocycles. The lowest BCUT2D eigenvalue weighted by molar-refractivity contribution is -0.122. The molecule has 1 amide bonds. The van der Waals surface area contributed by atoms with Crippen molar-refractivity contribution in [3.63, 3.8) is 0 Å². The summed E-state index contributed by atoms with van der Waals surface area (Å²) in [5.74, 6) is -0.0881. The van der Waals surface area contributed by atoms with Gasteiger partial charge in [0.2, 0.25) is 5.91 Å². The number of hydrogen-bond donors (Lipinski definition) is 2. The lowest BCUT2D eigenvalue weighted by Gasteiger charge is -2.19. The minimum absolute atomic E-state index is 0.0881. The number of nitriles is 1. The molecule has 5 heteroatoms. The Morgan fingerprint density at radius 1 is 1.45 bits per heavy atom. The van der Waals surface area contributed by atoms with Crippen molar-refractivity contribution in [3.05, 3.63) is 28.8 Å². The van der Waals surface area contributed by atoms with Crippen molar-refractivity contribution in [2.45, 2.75) is 45.7 Å². The Morgan fingerprint density at radius 3 is 2.75 bits per heavy atom. The molecule has 1 aromatic carbocycles. The molecule has 2 N–H and O–H groups in total. The minimum atomic E-state index is -0.431. The number of hydrogen-bond acceptors (Lipinski definition) is 3. The Kier molecular flexibility index (Phi) is 6.33. The molecule has 0 aliphatic carbocycles. The van der Waals surface area contributed by atoms with Gasteiger partial charge in [-0.3, -0.25) is 4.79 Å². The molecule has 0 heterocycles. The SMILES string of the molecule is CCCC(C)NC(=O)C(C)Nc1cc(Cl)ccc1C#N. The molecule has 2 atom stereocenters. The molecular formula is C15H20ClN3O. The van der Waals surface area contributed by atoms with Gasteiger partial charge >= 0.3 is 0 Å². The summed E-state index contributed by atoms with van der Waals surface area (Å²) in [7, 11) is 0. The number of anilines is 1. The van der Waals surface area contributed by atoms with E-state index in [4.69, 9.17) is 16.9 Å². The van der Waals surface area contributed by atoms with Crippen LogP contribution in [0.15, 0.2) is 18.2 Å². The number of nitrogens with zero attached hydrogens (tertiary/aromatic N) is 1. The molecule has 4 nitrogen and oxygen atoms in total. The van der Waals surface area contributed by atoms with E-state index in [1.165, 1.54) is 0 Å². The summed E-state index contributed by atoms with van der Waals surface area (Å²) in [4.78, 5) is 12.0. The Balaban J connectivity index is 2.71. The third-order valence-corrected chi connectivity index (χ3v) is 3.21. The van der Waals surface area contributed by atoms with Gasteiger partial charge < -0.3 is 10.6 Å². The topological polar surface area (TPSA) is 64.9 Å². The van der Waals surface area contributed by atoms with E-state index in [1.807, 2.05) is 6.92 Å². The first-order chi connectivity index (χ1) is 9.47. The first-order valence-electron chi connectivity index (χ1n) is 6.74. The summed E-state index contributed by atoms with van der Waals surface area (Å²) < 4.78 is 0. The molecule has 0 saturated carbocycles. The average molecular weight is 294 g/mol. The van der Waals surface area contributed by atoms with E-state index in [0.29, 0.717) is 16.3 Å². The number of benzene rings is 1. The van der Waals surface area contributed by atoms with Crippen molar-refractivity contribution in [2.75, 3.05) is 5.32 Å². The number of carbonyl (C=O) groups is 1. The summed E-state index contributed by atoms with van der Waals surface area (Å²) in [5.41, 5.74) is 1.04. The third-order valence-electron chi connectivity index (χ3n) is 2.98. The standard InChI is InChI=1S/C15H20ClN3O/c1-4-5-10(2)18-15(20)11(3)19-14-8-13(16)7-6-12(14)9-17/h6-8,10-11,19H,4-5H2,1-3H3,(H,18,20). The average Bonchev–Trinajstić information content (AvgIpc) is 2.39. The van der Waals surface area contributed by atoms with Crippen molar-refractivity contribution in [2.24, 2.45) is 0 Å². The maximum absolute atomic E-state index is 12.0. The van der Waals surface area contributed by atoms with Crippen LogP contribution in [0.1, 0.15) is 39.2 Å². The van der Waals surface area contributed by atoms with Gasteiger partial charge in [-0.05, 0) is 38.5 Å². The van der Waals surface area contributed by atoms with E-state index in [-0.39, 0.29) is 11.9 Å². The van der Waals surface area contributed by atoms with Crippen molar-refractivity contribution in [1.29, 1.82) is 5.26 Å². The molecule has 0 spiro atoms. The largest absolute Gasteiger partial charge is 0.373 e. The summed E-state index contributed by atoms with van der Waals surface area (Å²) in [5, 5.41) is 15.5. The predicted octanol–water partition coefficient (Wildman–Crippen LogP) is 3.32. The monoisotopic (exact) mass is 293 g/mol. The molecule has 1 aromatic rings. The summed E-state index contributed by atoms with van der Waals surface area (Å²) in [6, 6.07) is 6.73. The van der Waals surface area contributed by atoms with E-state index in [2.05, 4.69) is 23.6 Å². The van der Waals surface area contributed by atoms with E-state index in [1.54, 1.807) is 25.1 Å². The molecular weight excluding hydrogens is 274 g/mol. The fraction of sp³-hybridized carbons (Fsp3) is 0.467. The molecule has 108 valence electrons. The summed E-state index contributed by atoms with van der Waals surface area (Å²) in [6.07, 6.45) is 1.97. The quantitative estimate of drug-likeness (QED) is 0.845. The van der Waals surface area contributed by atoms with E-state index in [9.17, 15) is 4.79 Å². The van der Waals surface area contributed by atoms with Crippen molar-refractivity contribution < 1.29 is 4.79 Å². The molecule has 0 aromatic heterocycles. The highest BCUT2D eigenvalue weighted by molar-refractivity contribution is 6.30. The summed E-state index contributed by atoms with van der Waals surface area (Å²) in [6.45, 7) is 5.82. The van der Waals surface area contributed by atoms with Crippen LogP contribution in [0.5, 0.6) is 0 Å². The summed E-state index contributed by atoms with van der Waals surface area (Å²) >= 11 is 5.91. The zero-order valence-electron chi connectivity index (χ0n) is 12.0. The minimum Gasteiger partial charge on any atom is -0.373 e. The van der Waals surface area contributed by atoms with Crippen molar-refractivity contribution in [3.8, 4) is 6.07 Å². The van der Waals surface area contributed by atoms with E-state index < -0.39 is 6.04 Å². The van der Waals surface area contributed by atoms with Crippen LogP contribution in [0.2, 0.25) is 5.02 Å². The molecule has 0 bridgehead atoms. The van der Waals surface area contributed by atoms with Crippen molar-refractivity contribution >= 4 is 23.2 Å². The van der Waals surface area contributed by atoms with Crippen LogP contribution in [-0.4, -0.2) is 18.0 Å². The number of nitrogens with one attached hydrogen (secondary N) is 2. The highest BCUT2D eigenvalue weighted by Gasteiger charge is 2.16. The van der Waals surface area contributed by atoms with Crippen LogP contribution >= 0.6 is 11.6 Å². The molecule has 2 unspecified atom stereocenters. The van der Waals surface area contributed by atoms with Gasteiger partial charge in [0.05, 0.1) is 11.3 Å². The first-order valence-corrected chi connectivity index (χ1v) is 7.12. The number of halogens is 1. The lowest BCUT2D eigenvalue weighted by atomic mass is 10.1. The van der Waals surface area contributed by atoms with Crippen LogP contribution in [0, 0.1) is 11.3 Å². The van der Waals surface area contributed by atoms with E-state index in [0.717, 1.165) is 12.8 Å². The van der Waals surface area contributed by atoms with Crippen LogP contribution in [-0.2, 0) is 4.79 Å². The maximum Gasteiger partial charge on any atom is 0.242 e. The lowest BCUT2D eigenvalue weighted by Crippen LogP contribution is -2.42. The molecule has 0 fully saturated rings. The number of amides is 1. The molecule has 20 heavy (non-hydrogen) atoms. The van der Waals surface area contributed by atoms with Gasteiger partial charge in [0.25, 0.3) is 0 Å². The zero-order valence-corrected chi connectivity index (χ0v) is 12.8. The third kappa shape index (κ3) is 4.75. The van der Waals surface area contributed by atoms with Gasteiger partial charge in [0, 0.05) is 11.1 Å². The predicted molar refractivity (Wildman–Crippen MR) is 81.8 cm³/mol. The smallest absolute Gasteiger partial charge is 0.242 e. The second-order valence-electron chi connectivity index (χ2n) is 4.87. The number of rotatable bonds is 6. The second kappa shape index (κ2) is 7.76. The molecule has 0 aliphatic rings. The highest BCUT2D eigenvalue weighted by atomic mass is 35.5. The zero-order chi connectivity index (χ0) is 15.1. The van der Waals surface area contributed by atoms with Gasteiger partial charge in [-0.25, -0.2) is 0 Å². The second-order valence-corrected chi connectivity index (χ2v) is 5.30. The molecule has 0 radical (unpaired) electrons. The van der Waals surface area contributed by atoms with Gasteiger partial charge in [-0.1, -0.05) is 24.9 Å². The Morgan fingerprint density at radius 2 is 2.15 bits per heavy atom. The molecule has 0 saturated heterocycles. The Hall–Kier alpha value is -1.73. The van der Waals surface area contributed by atoms with Crippen molar-refractivity contribution in [1.82, 2.24) is 5.32 Å². The Labute approximate surface area is 125 Å². The Bertz CT molecular complexity index is 510. The van der Waals surface area contributed by atoms with Crippen LogP contribution in [0.4, 0.5) is 5.69 Å². The highest BCUT2D eigenvalue weighted by Crippen LogP contribution is 2.21. The van der Waals surface area contributed by atoms with Gasteiger partial charge in [-0.15, -0.1) is 0 Å². The fourth-order valence-corrected chi connectivity index (χ4v) is 2.08. The normalized spacial score (nSPS) is 13.2. The first kappa shape index (κ1) is 16.3. The molecule has 1 rings (SSSR count).